The number of fused-ring (bicyclic) bond motifs is 3. The molecule has 0 spiro atoms. The molecule has 0 aliphatic carbocycles. The van der Waals surface area contributed by atoms with Crippen LogP contribution >= 0.6 is 11.3 Å². The summed E-state index contributed by atoms with van der Waals surface area (Å²) in [6.07, 6.45) is 2.81. The zero-order valence-corrected chi connectivity index (χ0v) is 16.1. The first kappa shape index (κ1) is 17.5. The molecule has 0 unspecified atom stereocenters. The number of para-hydroxylation sites is 2. The van der Waals surface area contributed by atoms with E-state index in [0.717, 1.165) is 28.8 Å². The van der Waals surface area contributed by atoms with Crippen molar-refractivity contribution in [1.29, 1.82) is 0 Å². The monoisotopic (exact) mass is 380 g/mol. The van der Waals surface area contributed by atoms with E-state index in [1.165, 1.54) is 11.3 Å². The first-order valence-electron chi connectivity index (χ1n) is 9.02. The van der Waals surface area contributed by atoms with Crippen LogP contribution in [0.5, 0.6) is 11.5 Å². The maximum absolute atomic E-state index is 12.9. The minimum Gasteiger partial charge on any atom is -0.490 e. The van der Waals surface area contributed by atoms with Crippen LogP contribution in [0.25, 0.3) is 22.1 Å². The summed E-state index contributed by atoms with van der Waals surface area (Å²) in [6, 6.07) is 13.4. The van der Waals surface area contributed by atoms with E-state index in [9.17, 15) is 4.79 Å². The van der Waals surface area contributed by atoms with Crippen molar-refractivity contribution in [3.05, 3.63) is 62.9 Å². The van der Waals surface area contributed by atoms with Crippen LogP contribution in [-0.4, -0.2) is 22.6 Å². The van der Waals surface area contributed by atoms with Gasteiger partial charge in [0, 0.05) is 0 Å². The van der Waals surface area contributed by atoms with Crippen LogP contribution in [0.2, 0.25) is 0 Å². The molecule has 2 aromatic heterocycles. The average molecular weight is 380 g/mol. The zero-order chi connectivity index (χ0) is 18.8. The third-order valence-corrected chi connectivity index (χ3v) is 5.14. The lowest BCUT2D eigenvalue weighted by Gasteiger charge is -2.11. The summed E-state index contributed by atoms with van der Waals surface area (Å²) < 4.78 is 13.8. The molecule has 0 aliphatic rings. The van der Waals surface area contributed by atoms with E-state index < -0.39 is 0 Å². The Morgan fingerprint density at radius 3 is 2.78 bits per heavy atom. The van der Waals surface area contributed by atoms with E-state index >= 15 is 0 Å². The fraction of sp³-hybridized carbons (Fsp3) is 0.238. The summed E-state index contributed by atoms with van der Waals surface area (Å²) in [4.78, 5) is 18.1. The molecule has 0 saturated heterocycles. The van der Waals surface area contributed by atoms with E-state index in [4.69, 9.17) is 9.47 Å². The predicted molar refractivity (Wildman–Crippen MR) is 109 cm³/mol. The Hall–Kier alpha value is -2.86. The first-order valence-corrected chi connectivity index (χ1v) is 9.84. The summed E-state index contributed by atoms with van der Waals surface area (Å²) in [5.41, 5.74) is 2.52. The molecule has 2 heterocycles. The van der Waals surface area contributed by atoms with Crippen molar-refractivity contribution >= 4 is 33.4 Å². The Bertz CT molecular complexity index is 1210. The Morgan fingerprint density at radius 2 is 1.96 bits per heavy atom. The lowest BCUT2D eigenvalue weighted by Crippen LogP contribution is -2.22. The molecule has 6 heteroatoms. The summed E-state index contributed by atoms with van der Waals surface area (Å²) in [5.74, 6) is 1.42. The van der Waals surface area contributed by atoms with Gasteiger partial charge in [0.25, 0.3) is 5.56 Å². The number of aromatic nitrogens is 2. The molecule has 0 fully saturated rings. The van der Waals surface area contributed by atoms with E-state index in [-0.39, 0.29) is 5.56 Å². The number of nitrogens with zero attached hydrogens (tertiary/aromatic N) is 2. The van der Waals surface area contributed by atoms with Gasteiger partial charge in [0.15, 0.2) is 16.5 Å². The Balaban J connectivity index is 1.80. The van der Waals surface area contributed by atoms with Crippen molar-refractivity contribution in [2.24, 2.45) is 0 Å². The fourth-order valence-electron chi connectivity index (χ4n) is 2.98. The highest BCUT2D eigenvalue weighted by atomic mass is 32.1. The second-order valence-electron chi connectivity index (χ2n) is 6.12. The van der Waals surface area contributed by atoms with E-state index in [0.29, 0.717) is 28.5 Å². The Labute approximate surface area is 160 Å². The number of benzene rings is 2. The number of thiazole rings is 1. The van der Waals surface area contributed by atoms with E-state index in [1.807, 2.05) is 55.5 Å². The molecule has 27 heavy (non-hydrogen) atoms. The van der Waals surface area contributed by atoms with Gasteiger partial charge in [-0.1, -0.05) is 36.5 Å². The maximum atomic E-state index is 12.9. The van der Waals surface area contributed by atoms with Crippen LogP contribution in [0.4, 0.5) is 0 Å². The van der Waals surface area contributed by atoms with Crippen LogP contribution in [0.3, 0.4) is 0 Å². The molecule has 5 nitrogen and oxygen atoms in total. The van der Waals surface area contributed by atoms with Crippen LogP contribution in [0, 0.1) is 0 Å². The van der Waals surface area contributed by atoms with E-state index in [2.05, 4.69) is 11.9 Å². The molecule has 0 saturated carbocycles. The summed E-state index contributed by atoms with van der Waals surface area (Å²) >= 11 is 1.39. The number of hydrogen-bond donors (Lipinski definition) is 0. The normalized spacial score (nSPS) is 12.1. The Morgan fingerprint density at radius 1 is 1.11 bits per heavy atom. The summed E-state index contributed by atoms with van der Waals surface area (Å²) in [5, 5.41) is 0. The highest BCUT2D eigenvalue weighted by molar-refractivity contribution is 7.15. The van der Waals surface area contributed by atoms with Crippen molar-refractivity contribution in [1.82, 2.24) is 9.38 Å². The SMILES string of the molecule is CCCOc1ccc(/C=c2\sc3nc4ccccc4n3c2=O)cc1OCC. The molecule has 2 aromatic carbocycles. The molecule has 0 bridgehead atoms. The molecular formula is C21H20N2O3S. The maximum Gasteiger partial charge on any atom is 0.274 e. The van der Waals surface area contributed by atoms with Crippen LogP contribution in [-0.2, 0) is 0 Å². The molecule has 0 atom stereocenters. The number of rotatable bonds is 6. The molecule has 4 rings (SSSR count). The van der Waals surface area contributed by atoms with Gasteiger partial charge < -0.3 is 9.47 Å². The number of hydrogen-bond acceptors (Lipinski definition) is 5. The molecule has 0 amide bonds. The van der Waals surface area contributed by atoms with Gasteiger partial charge in [0.2, 0.25) is 0 Å². The summed E-state index contributed by atoms with van der Waals surface area (Å²) in [7, 11) is 0. The summed E-state index contributed by atoms with van der Waals surface area (Å²) in [6.45, 7) is 5.20. The van der Waals surface area contributed by atoms with Crippen LogP contribution in [0.1, 0.15) is 25.8 Å². The van der Waals surface area contributed by atoms with Crippen LogP contribution < -0.4 is 19.6 Å². The van der Waals surface area contributed by atoms with Crippen molar-refractivity contribution in [2.45, 2.75) is 20.3 Å². The van der Waals surface area contributed by atoms with Crippen molar-refractivity contribution in [2.75, 3.05) is 13.2 Å². The van der Waals surface area contributed by atoms with Gasteiger partial charge in [-0.05, 0) is 49.2 Å². The molecular weight excluding hydrogens is 360 g/mol. The van der Waals surface area contributed by atoms with Gasteiger partial charge in [-0.25, -0.2) is 9.38 Å². The van der Waals surface area contributed by atoms with Crippen molar-refractivity contribution in [3.63, 3.8) is 0 Å². The number of ether oxygens (including phenoxy) is 2. The average Bonchev–Trinajstić information content (AvgIpc) is 3.18. The van der Waals surface area contributed by atoms with E-state index in [1.54, 1.807) is 4.40 Å². The zero-order valence-electron chi connectivity index (χ0n) is 15.3. The second-order valence-corrected chi connectivity index (χ2v) is 7.13. The van der Waals surface area contributed by atoms with Gasteiger partial charge in [-0.15, -0.1) is 0 Å². The van der Waals surface area contributed by atoms with Crippen molar-refractivity contribution < 1.29 is 9.47 Å². The minimum atomic E-state index is -0.0482. The van der Waals surface area contributed by atoms with Crippen molar-refractivity contribution in [3.8, 4) is 11.5 Å². The van der Waals surface area contributed by atoms with Gasteiger partial charge in [-0.2, -0.15) is 0 Å². The first-order chi connectivity index (χ1) is 13.2. The Kier molecular flexibility index (Phi) is 4.81. The fourth-order valence-corrected chi connectivity index (χ4v) is 3.96. The third kappa shape index (κ3) is 3.28. The standard InChI is InChI=1S/C21H20N2O3S/c1-3-11-26-17-10-9-14(12-18(17)25-4-2)13-19-20(24)23-16-8-6-5-7-15(16)22-21(23)27-19/h5-10,12-13H,3-4,11H2,1-2H3/b19-13-. The second kappa shape index (κ2) is 7.40. The third-order valence-electron chi connectivity index (χ3n) is 4.17. The smallest absolute Gasteiger partial charge is 0.274 e. The largest absolute Gasteiger partial charge is 0.490 e. The molecule has 0 N–H and O–H groups in total. The quantitative estimate of drug-likeness (QED) is 0.512. The topological polar surface area (TPSA) is 52.8 Å². The predicted octanol–water partition coefficient (Wildman–Crippen LogP) is 3.64. The molecule has 138 valence electrons. The molecule has 4 aromatic rings. The van der Waals surface area contributed by atoms with Gasteiger partial charge in [0.1, 0.15) is 0 Å². The highest BCUT2D eigenvalue weighted by Gasteiger charge is 2.11. The molecule has 0 aliphatic heterocycles. The molecule has 0 radical (unpaired) electrons. The van der Waals surface area contributed by atoms with Gasteiger partial charge >= 0.3 is 0 Å². The highest BCUT2D eigenvalue weighted by Crippen LogP contribution is 2.29. The lowest BCUT2D eigenvalue weighted by atomic mass is 10.2. The number of imidazole rings is 1. The van der Waals surface area contributed by atoms with Gasteiger partial charge in [0.05, 0.1) is 28.8 Å². The van der Waals surface area contributed by atoms with Gasteiger partial charge in [-0.3, -0.25) is 4.79 Å². The lowest BCUT2D eigenvalue weighted by molar-refractivity contribution is 0.277. The van der Waals surface area contributed by atoms with Crippen LogP contribution in [0.15, 0.2) is 47.3 Å². The minimum absolute atomic E-state index is 0.0482.